The molecule has 0 spiro atoms. The first kappa shape index (κ1) is 22.9. The molecule has 0 fully saturated rings. The average Bonchev–Trinajstić information content (AvgIpc) is 3.30. The molecule has 4 aromatic rings. The maximum absolute atomic E-state index is 13.6. The molecular formula is C28H24ClN3O3. The summed E-state index contributed by atoms with van der Waals surface area (Å²) in [5.74, 6) is -0.665. The van der Waals surface area contributed by atoms with E-state index in [9.17, 15) is 9.59 Å². The van der Waals surface area contributed by atoms with Crippen LogP contribution in [-0.2, 0) is 29.0 Å². The van der Waals surface area contributed by atoms with Gasteiger partial charge in [-0.1, -0.05) is 66.2 Å². The summed E-state index contributed by atoms with van der Waals surface area (Å²) in [6.45, 7) is 0.859. The molecule has 7 heteroatoms. The van der Waals surface area contributed by atoms with Gasteiger partial charge in [-0.2, -0.15) is 0 Å². The molecule has 3 aromatic carbocycles. The zero-order chi connectivity index (χ0) is 24.4. The Kier molecular flexibility index (Phi) is 6.38. The number of esters is 1. The standard InChI is InChI=1S/C28H24ClN3O3/c1-35-28(34)25-15-24-26(31(18-30-24)16-19-7-13-23(29)14-8-19)17-32(25)27(33)22-11-9-21(10-12-22)20-5-3-2-4-6-20/h2-14,18,25H,15-17H2,1H3. The molecule has 0 aliphatic carbocycles. The van der Waals surface area contributed by atoms with E-state index >= 15 is 0 Å². The minimum Gasteiger partial charge on any atom is -0.467 e. The SMILES string of the molecule is COC(=O)C1Cc2ncn(Cc3ccc(Cl)cc3)c2CN1C(=O)c1ccc(-c2ccccc2)cc1. The maximum atomic E-state index is 13.6. The Morgan fingerprint density at radius 2 is 1.66 bits per heavy atom. The lowest BCUT2D eigenvalue weighted by atomic mass is 9.99. The Balaban J connectivity index is 1.43. The Labute approximate surface area is 208 Å². The van der Waals surface area contributed by atoms with Crippen LogP contribution in [-0.4, -0.2) is 39.5 Å². The number of fused-ring (bicyclic) bond motifs is 1. The molecule has 0 bridgehead atoms. The second-order valence-electron chi connectivity index (χ2n) is 8.51. The van der Waals surface area contributed by atoms with Crippen LogP contribution in [0.3, 0.4) is 0 Å². The highest BCUT2D eigenvalue weighted by Crippen LogP contribution is 2.27. The monoisotopic (exact) mass is 485 g/mol. The molecule has 1 atom stereocenters. The number of amides is 1. The summed E-state index contributed by atoms with van der Waals surface area (Å²) >= 11 is 6.02. The quantitative estimate of drug-likeness (QED) is 0.373. The summed E-state index contributed by atoms with van der Waals surface area (Å²) in [5, 5.41) is 0.678. The zero-order valence-electron chi connectivity index (χ0n) is 19.2. The Morgan fingerprint density at radius 3 is 2.34 bits per heavy atom. The van der Waals surface area contributed by atoms with Crippen LogP contribution in [0.15, 0.2) is 85.2 Å². The third kappa shape index (κ3) is 4.70. The maximum Gasteiger partial charge on any atom is 0.329 e. The van der Waals surface area contributed by atoms with Crippen molar-refractivity contribution in [1.29, 1.82) is 0 Å². The van der Waals surface area contributed by atoms with E-state index in [0.717, 1.165) is 28.1 Å². The van der Waals surface area contributed by atoms with Crippen LogP contribution in [0, 0.1) is 0 Å². The van der Waals surface area contributed by atoms with E-state index in [1.54, 1.807) is 23.4 Å². The number of benzene rings is 3. The van der Waals surface area contributed by atoms with Gasteiger partial charge in [0, 0.05) is 23.6 Å². The van der Waals surface area contributed by atoms with Gasteiger partial charge in [-0.05, 0) is 41.0 Å². The number of nitrogens with zero attached hydrogens (tertiary/aromatic N) is 3. The Bertz CT molecular complexity index is 1350. The number of carbonyl (C=O) groups is 2. The molecule has 1 unspecified atom stereocenters. The number of imidazole rings is 1. The minimum atomic E-state index is -0.729. The molecule has 1 amide bonds. The highest BCUT2D eigenvalue weighted by Gasteiger charge is 2.38. The molecule has 35 heavy (non-hydrogen) atoms. The van der Waals surface area contributed by atoms with Gasteiger partial charge in [0.15, 0.2) is 0 Å². The largest absolute Gasteiger partial charge is 0.467 e. The highest BCUT2D eigenvalue weighted by atomic mass is 35.5. The first-order valence-corrected chi connectivity index (χ1v) is 11.7. The molecular weight excluding hydrogens is 462 g/mol. The fourth-order valence-corrected chi connectivity index (χ4v) is 4.58. The summed E-state index contributed by atoms with van der Waals surface area (Å²) in [7, 11) is 1.34. The van der Waals surface area contributed by atoms with Crippen molar-refractivity contribution in [2.45, 2.75) is 25.6 Å². The Hall–Kier alpha value is -3.90. The molecule has 1 aromatic heterocycles. The van der Waals surface area contributed by atoms with E-state index in [-0.39, 0.29) is 12.5 Å². The van der Waals surface area contributed by atoms with E-state index in [1.807, 2.05) is 71.3 Å². The van der Waals surface area contributed by atoms with Crippen molar-refractivity contribution in [1.82, 2.24) is 14.5 Å². The molecule has 0 saturated carbocycles. The summed E-state index contributed by atoms with van der Waals surface area (Å²) in [6, 6.07) is 24.3. The second kappa shape index (κ2) is 9.76. The van der Waals surface area contributed by atoms with Crippen molar-refractivity contribution in [3.8, 4) is 11.1 Å². The van der Waals surface area contributed by atoms with Gasteiger partial charge in [-0.25, -0.2) is 9.78 Å². The van der Waals surface area contributed by atoms with Crippen LogP contribution in [0.4, 0.5) is 0 Å². The number of methoxy groups -OCH3 is 1. The molecule has 1 aliphatic rings. The van der Waals surface area contributed by atoms with Crippen molar-refractivity contribution in [3.05, 3.63) is 113 Å². The third-order valence-electron chi connectivity index (χ3n) is 6.36. The lowest BCUT2D eigenvalue weighted by molar-refractivity contribution is -0.146. The van der Waals surface area contributed by atoms with Crippen molar-refractivity contribution in [2.75, 3.05) is 7.11 Å². The molecule has 176 valence electrons. The minimum absolute atomic E-state index is 0.218. The molecule has 5 rings (SSSR count). The highest BCUT2D eigenvalue weighted by molar-refractivity contribution is 6.30. The fourth-order valence-electron chi connectivity index (χ4n) is 4.45. The van der Waals surface area contributed by atoms with Crippen LogP contribution >= 0.6 is 11.6 Å². The van der Waals surface area contributed by atoms with Crippen molar-refractivity contribution in [2.24, 2.45) is 0 Å². The number of aromatic nitrogens is 2. The summed E-state index contributed by atoms with van der Waals surface area (Å²) < 4.78 is 7.05. The smallest absolute Gasteiger partial charge is 0.329 e. The van der Waals surface area contributed by atoms with E-state index in [0.29, 0.717) is 23.6 Å². The van der Waals surface area contributed by atoms with Gasteiger partial charge in [0.2, 0.25) is 0 Å². The van der Waals surface area contributed by atoms with Gasteiger partial charge in [0.25, 0.3) is 5.91 Å². The van der Waals surface area contributed by atoms with E-state index in [2.05, 4.69) is 4.98 Å². The van der Waals surface area contributed by atoms with Crippen LogP contribution in [0.2, 0.25) is 5.02 Å². The van der Waals surface area contributed by atoms with Gasteiger partial charge < -0.3 is 14.2 Å². The third-order valence-corrected chi connectivity index (χ3v) is 6.61. The number of carbonyl (C=O) groups excluding carboxylic acids is 2. The Morgan fingerprint density at radius 1 is 0.971 bits per heavy atom. The average molecular weight is 486 g/mol. The van der Waals surface area contributed by atoms with Gasteiger partial charge in [0.1, 0.15) is 6.04 Å². The predicted octanol–water partition coefficient (Wildman–Crippen LogP) is 4.99. The molecule has 0 radical (unpaired) electrons. The molecule has 1 aliphatic heterocycles. The van der Waals surface area contributed by atoms with Gasteiger partial charge in [-0.3, -0.25) is 4.79 Å². The van der Waals surface area contributed by atoms with E-state index in [1.165, 1.54) is 7.11 Å². The number of ether oxygens (including phenoxy) is 1. The molecule has 0 N–H and O–H groups in total. The van der Waals surface area contributed by atoms with Gasteiger partial charge >= 0.3 is 5.97 Å². The molecule has 0 saturated heterocycles. The van der Waals surface area contributed by atoms with Crippen LogP contribution in [0.25, 0.3) is 11.1 Å². The van der Waals surface area contributed by atoms with Crippen LogP contribution < -0.4 is 0 Å². The summed E-state index contributed by atoms with van der Waals surface area (Å²) in [5.41, 5.74) is 5.40. The lowest BCUT2D eigenvalue weighted by Gasteiger charge is -2.34. The topological polar surface area (TPSA) is 64.4 Å². The normalized spacial score (nSPS) is 14.9. The van der Waals surface area contributed by atoms with Gasteiger partial charge in [0.05, 0.1) is 31.4 Å². The van der Waals surface area contributed by atoms with Crippen molar-refractivity contribution in [3.63, 3.8) is 0 Å². The summed E-state index contributed by atoms with van der Waals surface area (Å²) in [4.78, 5) is 32.3. The van der Waals surface area contributed by atoms with E-state index in [4.69, 9.17) is 16.3 Å². The number of hydrogen-bond acceptors (Lipinski definition) is 4. The van der Waals surface area contributed by atoms with E-state index < -0.39 is 12.0 Å². The second-order valence-corrected chi connectivity index (χ2v) is 8.95. The van der Waals surface area contributed by atoms with Gasteiger partial charge in [-0.15, -0.1) is 0 Å². The number of halogens is 1. The molecule has 2 heterocycles. The first-order valence-electron chi connectivity index (χ1n) is 11.3. The van der Waals surface area contributed by atoms with Crippen molar-refractivity contribution < 1.29 is 14.3 Å². The number of hydrogen-bond donors (Lipinski definition) is 0. The van der Waals surface area contributed by atoms with Crippen LogP contribution in [0.5, 0.6) is 0 Å². The number of rotatable bonds is 5. The first-order chi connectivity index (χ1) is 17.0. The lowest BCUT2D eigenvalue weighted by Crippen LogP contribution is -2.49. The predicted molar refractivity (Wildman–Crippen MR) is 134 cm³/mol. The fraction of sp³-hybridized carbons (Fsp3) is 0.179. The van der Waals surface area contributed by atoms with Crippen molar-refractivity contribution >= 4 is 23.5 Å². The van der Waals surface area contributed by atoms with Crippen LogP contribution in [0.1, 0.15) is 27.3 Å². The molecule has 6 nitrogen and oxygen atoms in total. The summed E-state index contributed by atoms with van der Waals surface area (Å²) in [6.07, 6.45) is 2.07. The zero-order valence-corrected chi connectivity index (χ0v) is 20.0.